The van der Waals surface area contributed by atoms with Crippen LogP contribution in [0.5, 0.6) is 0 Å². The van der Waals surface area contributed by atoms with Gasteiger partial charge >= 0.3 is 0 Å². The van der Waals surface area contributed by atoms with Crippen LogP contribution in [-0.2, 0) is 13.1 Å². The first-order valence-electron chi connectivity index (χ1n) is 6.23. The standard InChI is InChI=1S/C15H16FN3S/c1-19(10-13-4-2-3-7-18-13)9-12-8-11(15(17)20)5-6-14(12)16/h2-8H,9-10H2,1H3,(H2,17,20). The second kappa shape index (κ2) is 6.54. The Morgan fingerprint density at radius 2 is 2.10 bits per heavy atom. The van der Waals surface area contributed by atoms with Crippen molar-refractivity contribution in [1.82, 2.24) is 9.88 Å². The fraction of sp³-hybridized carbons (Fsp3) is 0.200. The van der Waals surface area contributed by atoms with Gasteiger partial charge in [-0.2, -0.15) is 0 Å². The van der Waals surface area contributed by atoms with Crippen LogP contribution >= 0.6 is 12.2 Å². The number of hydrogen-bond acceptors (Lipinski definition) is 3. The zero-order valence-electron chi connectivity index (χ0n) is 11.2. The minimum Gasteiger partial charge on any atom is -0.389 e. The Bertz CT molecular complexity index is 601. The molecular weight excluding hydrogens is 273 g/mol. The van der Waals surface area contributed by atoms with Gasteiger partial charge in [0.15, 0.2) is 0 Å². The maximum atomic E-state index is 13.8. The third-order valence-electron chi connectivity index (χ3n) is 2.93. The van der Waals surface area contributed by atoms with E-state index in [0.29, 0.717) is 24.2 Å². The SMILES string of the molecule is CN(Cc1ccccn1)Cc1cc(C(N)=S)ccc1F. The van der Waals surface area contributed by atoms with Crippen LogP contribution in [0.3, 0.4) is 0 Å². The summed E-state index contributed by atoms with van der Waals surface area (Å²) in [6.45, 7) is 1.12. The first-order valence-corrected chi connectivity index (χ1v) is 6.64. The molecule has 1 heterocycles. The molecule has 0 atom stereocenters. The van der Waals surface area contributed by atoms with Crippen molar-refractivity contribution in [1.29, 1.82) is 0 Å². The smallest absolute Gasteiger partial charge is 0.127 e. The van der Waals surface area contributed by atoms with Crippen LogP contribution < -0.4 is 5.73 Å². The Morgan fingerprint density at radius 1 is 1.30 bits per heavy atom. The molecule has 104 valence electrons. The Hall–Kier alpha value is -1.85. The first-order chi connectivity index (χ1) is 9.56. The Kier molecular flexibility index (Phi) is 4.76. The van der Waals surface area contributed by atoms with Crippen molar-refractivity contribution >= 4 is 17.2 Å². The summed E-state index contributed by atoms with van der Waals surface area (Å²) < 4.78 is 13.8. The molecular formula is C15H16FN3S. The first kappa shape index (κ1) is 14.6. The molecule has 2 aromatic rings. The van der Waals surface area contributed by atoms with E-state index in [1.165, 1.54) is 6.07 Å². The van der Waals surface area contributed by atoms with Gasteiger partial charge in [-0.25, -0.2) is 4.39 Å². The molecule has 0 saturated heterocycles. The molecule has 0 unspecified atom stereocenters. The van der Waals surface area contributed by atoms with Crippen molar-refractivity contribution in [3.63, 3.8) is 0 Å². The van der Waals surface area contributed by atoms with Gasteiger partial charge in [0, 0.05) is 30.4 Å². The van der Waals surface area contributed by atoms with Crippen molar-refractivity contribution in [3.8, 4) is 0 Å². The molecule has 1 aromatic heterocycles. The summed E-state index contributed by atoms with van der Waals surface area (Å²) in [5.74, 6) is -0.252. The average Bonchev–Trinajstić information content (AvgIpc) is 2.42. The Balaban J connectivity index is 2.09. The van der Waals surface area contributed by atoms with E-state index in [9.17, 15) is 4.39 Å². The zero-order valence-corrected chi connectivity index (χ0v) is 12.0. The van der Waals surface area contributed by atoms with Crippen LogP contribution in [0.15, 0.2) is 42.6 Å². The van der Waals surface area contributed by atoms with E-state index >= 15 is 0 Å². The van der Waals surface area contributed by atoms with E-state index in [1.54, 1.807) is 18.3 Å². The van der Waals surface area contributed by atoms with Crippen molar-refractivity contribution in [2.75, 3.05) is 7.05 Å². The van der Waals surface area contributed by atoms with Gasteiger partial charge in [-0.15, -0.1) is 0 Å². The van der Waals surface area contributed by atoms with E-state index in [-0.39, 0.29) is 10.8 Å². The summed E-state index contributed by atoms with van der Waals surface area (Å²) in [7, 11) is 1.92. The number of halogens is 1. The van der Waals surface area contributed by atoms with Gasteiger partial charge in [0.05, 0.1) is 5.69 Å². The molecule has 0 aliphatic carbocycles. The number of nitrogens with two attached hydrogens (primary N) is 1. The van der Waals surface area contributed by atoms with Crippen LogP contribution in [0.25, 0.3) is 0 Å². The van der Waals surface area contributed by atoms with Crippen LogP contribution in [-0.4, -0.2) is 21.9 Å². The van der Waals surface area contributed by atoms with Crippen LogP contribution in [0.4, 0.5) is 4.39 Å². The lowest BCUT2D eigenvalue weighted by molar-refractivity contribution is 0.310. The molecule has 2 rings (SSSR count). The van der Waals surface area contributed by atoms with Gasteiger partial charge in [0.2, 0.25) is 0 Å². The van der Waals surface area contributed by atoms with Crippen LogP contribution in [0.2, 0.25) is 0 Å². The molecule has 0 saturated carbocycles. The lowest BCUT2D eigenvalue weighted by Crippen LogP contribution is -2.19. The number of nitrogens with zero attached hydrogens (tertiary/aromatic N) is 2. The van der Waals surface area contributed by atoms with Gasteiger partial charge in [0.1, 0.15) is 10.8 Å². The van der Waals surface area contributed by atoms with E-state index < -0.39 is 0 Å². The van der Waals surface area contributed by atoms with Gasteiger partial charge in [-0.3, -0.25) is 9.88 Å². The van der Waals surface area contributed by atoms with E-state index in [4.69, 9.17) is 18.0 Å². The highest BCUT2D eigenvalue weighted by Gasteiger charge is 2.09. The fourth-order valence-electron chi connectivity index (χ4n) is 1.96. The number of aromatic nitrogens is 1. The quantitative estimate of drug-likeness (QED) is 0.859. The van der Waals surface area contributed by atoms with Gasteiger partial charge in [-0.05, 0) is 37.4 Å². The summed E-state index contributed by atoms with van der Waals surface area (Å²) in [5.41, 5.74) is 7.78. The van der Waals surface area contributed by atoms with Crippen molar-refractivity contribution in [2.45, 2.75) is 13.1 Å². The molecule has 0 bridgehead atoms. The van der Waals surface area contributed by atoms with Gasteiger partial charge in [0.25, 0.3) is 0 Å². The number of hydrogen-bond donors (Lipinski definition) is 1. The van der Waals surface area contributed by atoms with Crippen LogP contribution in [0.1, 0.15) is 16.8 Å². The monoisotopic (exact) mass is 289 g/mol. The maximum absolute atomic E-state index is 13.8. The highest BCUT2D eigenvalue weighted by atomic mass is 32.1. The average molecular weight is 289 g/mol. The molecule has 0 radical (unpaired) electrons. The molecule has 2 N–H and O–H groups in total. The molecule has 0 aliphatic rings. The molecule has 3 nitrogen and oxygen atoms in total. The topological polar surface area (TPSA) is 42.2 Å². The Labute approximate surface area is 123 Å². The molecule has 20 heavy (non-hydrogen) atoms. The van der Waals surface area contributed by atoms with Crippen LogP contribution in [0, 0.1) is 5.82 Å². The largest absolute Gasteiger partial charge is 0.389 e. The minimum absolute atomic E-state index is 0.252. The highest BCUT2D eigenvalue weighted by Crippen LogP contribution is 2.14. The third-order valence-corrected chi connectivity index (χ3v) is 3.16. The van der Waals surface area contributed by atoms with Gasteiger partial charge < -0.3 is 5.73 Å². The second-order valence-corrected chi connectivity index (χ2v) is 5.10. The lowest BCUT2D eigenvalue weighted by atomic mass is 10.1. The normalized spacial score (nSPS) is 10.8. The third kappa shape index (κ3) is 3.82. The van der Waals surface area contributed by atoms with Gasteiger partial charge in [-0.1, -0.05) is 18.3 Å². The maximum Gasteiger partial charge on any atom is 0.127 e. The molecule has 0 spiro atoms. The summed E-state index contributed by atoms with van der Waals surface area (Å²) in [6.07, 6.45) is 1.75. The number of benzene rings is 1. The number of thiocarbonyl (C=S) groups is 1. The fourth-order valence-corrected chi connectivity index (χ4v) is 2.09. The van der Waals surface area contributed by atoms with Crippen molar-refractivity contribution in [3.05, 3.63) is 65.2 Å². The summed E-state index contributed by atoms with van der Waals surface area (Å²) in [4.78, 5) is 6.52. The van der Waals surface area contributed by atoms with E-state index in [0.717, 1.165) is 5.69 Å². The van der Waals surface area contributed by atoms with Crippen molar-refractivity contribution < 1.29 is 4.39 Å². The van der Waals surface area contributed by atoms with E-state index in [1.807, 2.05) is 30.1 Å². The van der Waals surface area contributed by atoms with E-state index in [2.05, 4.69) is 4.98 Å². The van der Waals surface area contributed by atoms with Crippen molar-refractivity contribution in [2.24, 2.45) is 5.73 Å². The number of pyridine rings is 1. The molecule has 0 amide bonds. The molecule has 0 fully saturated rings. The number of rotatable bonds is 5. The summed E-state index contributed by atoms with van der Waals surface area (Å²) in [6, 6.07) is 10.4. The molecule has 5 heteroatoms. The summed E-state index contributed by atoms with van der Waals surface area (Å²) >= 11 is 4.92. The highest BCUT2D eigenvalue weighted by molar-refractivity contribution is 7.80. The molecule has 0 aliphatic heterocycles. The minimum atomic E-state index is -0.252. The predicted molar refractivity (Wildman–Crippen MR) is 81.7 cm³/mol. The second-order valence-electron chi connectivity index (χ2n) is 4.66. The lowest BCUT2D eigenvalue weighted by Gasteiger charge is -2.17. The predicted octanol–water partition coefficient (Wildman–Crippen LogP) is 2.49. The summed E-state index contributed by atoms with van der Waals surface area (Å²) in [5, 5.41) is 0. The zero-order chi connectivity index (χ0) is 14.5. The Morgan fingerprint density at radius 3 is 2.75 bits per heavy atom. The molecule has 1 aromatic carbocycles.